The fourth-order valence-corrected chi connectivity index (χ4v) is 5.08. The second kappa shape index (κ2) is 10.9. The van der Waals surface area contributed by atoms with Gasteiger partial charge in [-0.25, -0.2) is 4.98 Å². The minimum absolute atomic E-state index is 0.428. The molecule has 2 aliphatic heterocycles. The predicted octanol–water partition coefficient (Wildman–Crippen LogP) is 3.58. The lowest BCUT2D eigenvalue weighted by atomic mass is 10.0. The molecule has 0 bridgehead atoms. The minimum atomic E-state index is 0.428. The van der Waals surface area contributed by atoms with Gasteiger partial charge in [-0.1, -0.05) is 11.6 Å². The van der Waals surface area contributed by atoms with Crippen LogP contribution in [0.15, 0.2) is 36.8 Å². The molecule has 2 fully saturated rings. The van der Waals surface area contributed by atoms with E-state index in [1.807, 2.05) is 25.4 Å². The van der Waals surface area contributed by atoms with E-state index in [1.54, 1.807) is 24.2 Å². The summed E-state index contributed by atoms with van der Waals surface area (Å²) < 4.78 is 7.48. The van der Waals surface area contributed by atoms with Crippen LogP contribution in [0, 0.1) is 0 Å². The highest BCUT2D eigenvalue weighted by molar-refractivity contribution is 6.32. The molecule has 0 amide bonds. The Kier molecular flexibility index (Phi) is 7.45. The first kappa shape index (κ1) is 24.6. The Morgan fingerprint density at radius 1 is 0.972 bits per heavy atom. The standard InChI is InChI=1S/C25H34ClN9O/c1-32-10-12-34(13-11-32)20-6-8-35(9-7-20)22-5-4-18(14-23(22)36-3)30-25-27-16-21(26)24(31-25)29-19-15-28-33(2)17-19/h4-5,14-17,20H,6-13H2,1-3H3,(H2,27,29,30,31). The number of anilines is 5. The lowest BCUT2D eigenvalue weighted by Gasteiger charge is -2.42. The van der Waals surface area contributed by atoms with Crippen molar-refractivity contribution >= 4 is 40.4 Å². The van der Waals surface area contributed by atoms with Crippen molar-refractivity contribution in [3.8, 4) is 5.75 Å². The minimum Gasteiger partial charge on any atom is -0.495 e. The molecule has 0 aliphatic carbocycles. The number of nitrogens with zero attached hydrogens (tertiary/aromatic N) is 7. The first-order valence-electron chi connectivity index (χ1n) is 12.4. The third-order valence-electron chi connectivity index (χ3n) is 7.01. The second-order valence-electron chi connectivity index (χ2n) is 9.49. The molecular weight excluding hydrogens is 478 g/mol. The average Bonchev–Trinajstić information content (AvgIpc) is 3.31. The number of likely N-dealkylation sites (N-methyl/N-ethyl adjacent to an activating group) is 1. The van der Waals surface area contributed by atoms with Crippen LogP contribution in [0.1, 0.15) is 12.8 Å². The molecular formula is C25H34ClN9O. The zero-order chi connectivity index (χ0) is 25.1. The van der Waals surface area contributed by atoms with E-state index in [2.05, 4.69) is 53.5 Å². The molecule has 0 unspecified atom stereocenters. The molecule has 0 saturated carbocycles. The van der Waals surface area contributed by atoms with Crippen LogP contribution in [-0.2, 0) is 7.05 Å². The van der Waals surface area contributed by atoms with Crippen LogP contribution in [0.2, 0.25) is 5.02 Å². The Balaban J connectivity index is 1.24. The van der Waals surface area contributed by atoms with Gasteiger partial charge in [-0.3, -0.25) is 9.58 Å². The van der Waals surface area contributed by atoms with Gasteiger partial charge in [0, 0.05) is 70.3 Å². The molecule has 2 aliphatic rings. The fraction of sp³-hybridized carbons (Fsp3) is 0.480. The van der Waals surface area contributed by atoms with Crippen molar-refractivity contribution in [1.29, 1.82) is 0 Å². The van der Waals surface area contributed by atoms with E-state index < -0.39 is 0 Å². The molecule has 0 atom stereocenters. The average molecular weight is 512 g/mol. The molecule has 192 valence electrons. The number of aryl methyl sites for hydroxylation is 1. The summed E-state index contributed by atoms with van der Waals surface area (Å²) in [5.74, 6) is 1.78. The highest BCUT2D eigenvalue weighted by atomic mass is 35.5. The topological polar surface area (TPSA) is 86.6 Å². The van der Waals surface area contributed by atoms with E-state index >= 15 is 0 Å². The summed E-state index contributed by atoms with van der Waals surface area (Å²) in [6.07, 6.45) is 7.49. The van der Waals surface area contributed by atoms with Crippen LogP contribution in [-0.4, -0.2) is 89.0 Å². The maximum Gasteiger partial charge on any atom is 0.229 e. The van der Waals surface area contributed by atoms with E-state index in [1.165, 1.54) is 39.0 Å². The number of nitrogens with one attached hydrogen (secondary N) is 2. The predicted molar refractivity (Wildman–Crippen MR) is 144 cm³/mol. The van der Waals surface area contributed by atoms with E-state index in [-0.39, 0.29) is 0 Å². The van der Waals surface area contributed by atoms with Crippen molar-refractivity contribution in [3.05, 3.63) is 41.8 Å². The summed E-state index contributed by atoms with van der Waals surface area (Å²) in [6, 6.07) is 6.82. The van der Waals surface area contributed by atoms with Crippen LogP contribution in [0.4, 0.5) is 28.8 Å². The zero-order valence-electron chi connectivity index (χ0n) is 21.1. The normalized spacial score (nSPS) is 17.8. The van der Waals surface area contributed by atoms with Crippen molar-refractivity contribution in [1.82, 2.24) is 29.5 Å². The number of hydrogen-bond donors (Lipinski definition) is 2. The zero-order valence-corrected chi connectivity index (χ0v) is 21.9. The van der Waals surface area contributed by atoms with Crippen LogP contribution in [0.25, 0.3) is 0 Å². The quantitative estimate of drug-likeness (QED) is 0.494. The van der Waals surface area contributed by atoms with Gasteiger partial charge in [-0.2, -0.15) is 10.1 Å². The maximum absolute atomic E-state index is 6.30. The van der Waals surface area contributed by atoms with Gasteiger partial charge in [0.2, 0.25) is 5.95 Å². The third-order valence-corrected chi connectivity index (χ3v) is 7.28. The monoisotopic (exact) mass is 511 g/mol. The number of ether oxygens (including phenoxy) is 1. The number of piperidine rings is 1. The Labute approximate surface area is 217 Å². The molecule has 1 aromatic carbocycles. The van der Waals surface area contributed by atoms with Gasteiger partial charge in [0.15, 0.2) is 5.82 Å². The summed E-state index contributed by atoms with van der Waals surface area (Å²) in [4.78, 5) is 16.4. The van der Waals surface area contributed by atoms with Gasteiger partial charge in [0.05, 0.1) is 30.9 Å². The Morgan fingerprint density at radius 3 is 2.44 bits per heavy atom. The van der Waals surface area contributed by atoms with E-state index in [4.69, 9.17) is 16.3 Å². The molecule has 4 heterocycles. The molecule has 36 heavy (non-hydrogen) atoms. The van der Waals surface area contributed by atoms with E-state index in [9.17, 15) is 0 Å². The van der Waals surface area contributed by atoms with Crippen molar-refractivity contribution in [3.63, 3.8) is 0 Å². The molecule has 2 aromatic heterocycles. The number of rotatable bonds is 7. The number of aromatic nitrogens is 4. The largest absolute Gasteiger partial charge is 0.495 e. The summed E-state index contributed by atoms with van der Waals surface area (Å²) in [5, 5.41) is 11.0. The lowest BCUT2D eigenvalue weighted by Crippen LogP contribution is -2.52. The van der Waals surface area contributed by atoms with Crippen molar-refractivity contribution < 1.29 is 4.74 Å². The van der Waals surface area contributed by atoms with Crippen LogP contribution >= 0.6 is 11.6 Å². The van der Waals surface area contributed by atoms with Crippen LogP contribution < -0.4 is 20.3 Å². The van der Waals surface area contributed by atoms with Gasteiger partial charge < -0.3 is 25.2 Å². The highest BCUT2D eigenvalue weighted by Crippen LogP contribution is 2.34. The number of halogens is 1. The third kappa shape index (κ3) is 5.66. The van der Waals surface area contributed by atoms with Crippen molar-refractivity contribution in [2.75, 3.05) is 69.0 Å². The number of piperazine rings is 1. The highest BCUT2D eigenvalue weighted by Gasteiger charge is 2.27. The van der Waals surface area contributed by atoms with E-state index in [0.717, 1.165) is 35.9 Å². The SMILES string of the molecule is COc1cc(Nc2ncc(Cl)c(Nc3cnn(C)c3)n2)ccc1N1CCC(N2CCN(C)CC2)CC1. The molecule has 5 rings (SSSR count). The summed E-state index contributed by atoms with van der Waals surface area (Å²) in [5.41, 5.74) is 2.76. The van der Waals surface area contributed by atoms with Crippen molar-refractivity contribution in [2.45, 2.75) is 18.9 Å². The Bertz CT molecular complexity index is 1170. The Hall–Kier alpha value is -3.08. The lowest BCUT2D eigenvalue weighted by molar-refractivity contribution is 0.0981. The van der Waals surface area contributed by atoms with Gasteiger partial charge in [0.1, 0.15) is 10.8 Å². The molecule has 10 nitrogen and oxygen atoms in total. The first-order valence-corrected chi connectivity index (χ1v) is 12.8. The maximum atomic E-state index is 6.30. The van der Waals surface area contributed by atoms with Gasteiger partial charge in [-0.05, 0) is 32.0 Å². The van der Waals surface area contributed by atoms with Crippen LogP contribution in [0.3, 0.4) is 0 Å². The molecule has 0 spiro atoms. The molecule has 2 saturated heterocycles. The second-order valence-corrected chi connectivity index (χ2v) is 9.89. The number of hydrogen-bond acceptors (Lipinski definition) is 9. The number of methoxy groups -OCH3 is 1. The van der Waals surface area contributed by atoms with Gasteiger partial charge >= 0.3 is 0 Å². The fourth-order valence-electron chi connectivity index (χ4n) is 4.94. The summed E-state index contributed by atoms with van der Waals surface area (Å²) in [6.45, 7) is 6.75. The van der Waals surface area contributed by atoms with Gasteiger partial charge in [0.25, 0.3) is 0 Å². The van der Waals surface area contributed by atoms with E-state index in [0.29, 0.717) is 22.8 Å². The molecule has 0 radical (unpaired) electrons. The smallest absolute Gasteiger partial charge is 0.229 e. The number of benzene rings is 1. The molecule has 11 heteroatoms. The molecule has 2 N–H and O–H groups in total. The first-order chi connectivity index (χ1) is 17.5. The summed E-state index contributed by atoms with van der Waals surface area (Å²) >= 11 is 6.30. The van der Waals surface area contributed by atoms with Crippen LogP contribution in [0.5, 0.6) is 5.75 Å². The summed E-state index contributed by atoms with van der Waals surface area (Å²) in [7, 11) is 5.78. The molecule has 3 aromatic rings. The Morgan fingerprint density at radius 2 is 1.75 bits per heavy atom. The van der Waals surface area contributed by atoms with Crippen molar-refractivity contribution in [2.24, 2.45) is 7.05 Å². The van der Waals surface area contributed by atoms with Gasteiger partial charge in [-0.15, -0.1) is 0 Å².